The molecule has 0 aliphatic heterocycles. The fourth-order valence-corrected chi connectivity index (χ4v) is 2.86. The smallest absolute Gasteiger partial charge is 0.144 e. The van der Waals surface area contributed by atoms with E-state index in [2.05, 4.69) is 4.98 Å². The molecule has 0 saturated carbocycles. The van der Waals surface area contributed by atoms with Gasteiger partial charge >= 0.3 is 0 Å². The number of imidazole rings is 1. The zero-order valence-electron chi connectivity index (χ0n) is 12.9. The fraction of sp³-hybridized carbons (Fsp3) is 0.235. The van der Waals surface area contributed by atoms with Gasteiger partial charge in [-0.05, 0) is 43.2 Å². The molecule has 3 N–H and O–H groups in total. The maximum absolute atomic E-state index is 9.47. The Labute approximate surface area is 129 Å². The Morgan fingerprint density at radius 1 is 1.27 bits per heavy atom. The number of nitrogen functional groups attached to an aromatic ring is 1. The summed E-state index contributed by atoms with van der Waals surface area (Å²) in [4.78, 5) is 4.67. The number of pyridine rings is 1. The number of hydrogen-bond acceptors (Lipinski definition) is 4. The fourth-order valence-electron chi connectivity index (χ4n) is 2.86. The van der Waals surface area contributed by atoms with Crippen molar-refractivity contribution in [1.82, 2.24) is 9.38 Å². The van der Waals surface area contributed by atoms with Crippen LogP contribution in [-0.4, -0.2) is 21.6 Å². The van der Waals surface area contributed by atoms with Crippen molar-refractivity contribution < 1.29 is 9.84 Å². The summed E-state index contributed by atoms with van der Waals surface area (Å²) in [5.74, 6) is 1.39. The first-order valence-corrected chi connectivity index (χ1v) is 7.08. The Morgan fingerprint density at radius 3 is 2.55 bits per heavy atom. The van der Waals surface area contributed by atoms with Gasteiger partial charge in [0.2, 0.25) is 0 Å². The first-order chi connectivity index (χ1) is 10.6. The summed E-state index contributed by atoms with van der Waals surface area (Å²) < 4.78 is 7.11. The molecule has 0 amide bonds. The average Bonchev–Trinajstić information content (AvgIpc) is 2.84. The highest BCUT2D eigenvalue weighted by Crippen LogP contribution is 2.34. The maximum Gasteiger partial charge on any atom is 0.144 e. The molecule has 0 radical (unpaired) electrons. The topological polar surface area (TPSA) is 72.8 Å². The number of hydrogen-bond donors (Lipinski definition) is 2. The van der Waals surface area contributed by atoms with Crippen molar-refractivity contribution in [3.05, 3.63) is 47.2 Å². The number of methoxy groups -OCH3 is 1. The Bertz CT molecular complexity index is 829. The summed E-state index contributed by atoms with van der Waals surface area (Å²) in [6.07, 6.45) is 1.86. The number of aliphatic hydroxyl groups excluding tert-OH is 1. The molecule has 5 nitrogen and oxygen atoms in total. The Balaban J connectivity index is 2.30. The van der Waals surface area contributed by atoms with E-state index in [4.69, 9.17) is 10.5 Å². The predicted molar refractivity (Wildman–Crippen MR) is 87.0 cm³/mol. The second-order valence-corrected chi connectivity index (χ2v) is 5.37. The normalized spacial score (nSPS) is 11.1. The minimum Gasteiger partial charge on any atom is -0.497 e. The average molecular weight is 297 g/mol. The second kappa shape index (κ2) is 5.35. The van der Waals surface area contributed by atoms with Crippen LogP contribution in [0.2, 0.25) is 0 Å². The summed E-state index contributed by atoms with van der Waals surface area (Å²) in [5, 5.41) is 9.47. The third-order valence-corrected chi connectivity index (χ3v) is 3.92. The van der Waals surface area contributed by atoms with E-state index in [1.165, 1.54) is 0 Å². The van der Waals surface area contributed by atoms with Gasteiger partial charge in [0.25, 0.3) is 0 Å². The number of nitrogens with two attached hydrogens (primary N) is 1. The van der Waals surface area contributed by atoms with Gasteiger partial charge in [-0.25, -0.2) is 4.98 Å². The summed E-state index contributed by atoms with van der Waals surface area (Å²) in [5.41, 5.74) is 11.6. The lowest BCUT2D eigenvalue weighted by atomic mass is 9.99. The lowest BCUT2D eigenvalue weighted by Crippen LogP contribution is -1.97. The van der Waals surface area contributed by atoms with Crippen LogP contribution < -0.4 is 10.5 Å². The Hall–Kier alpha value is -2.53. The van der Waals surface area contributed by atoms with Crippen molar-refractivity contribution in [2.45, 2.75) is 20.5 Å². The van der Waals surface area contributed by atoms with Crippen LogP contribution in [0.15, 0.2) is 30.5 Å². The van der Waals surface area contributed by atoms with Gasteiger partial charge in [0, 0.05) is 17.3 Å². The van der Waals surface area contributed by atoms with Crippen molar-refractivity contribution in [3.8, 4) is 17.0 Å². The molecule has 0 aliphatic rings. The molecule has 2 aromatic heterocycles. The van der Waals surface area contributed by atoms with Crippen molar-refractivity contribution >= 4 is 11.5 Å². The van der Waals surface area contributed by atoms with Gasteiger partial charge in [0.15, 0.2) is 0 Å². The number of fused-ring (bicyclic) bond motifs is 1. The molecule has 0 saturated heterocycles. The predicted octanol–water partition coefficient (Wildman–Crippen LogP) is 2.70. The lowest BCUT2D eigenvalue weighted by Gasteiger charge is -2.11. The van der Waals surface area contributed by atoms with Crippen LogP contribution in [0.3, 0.4) is 0 Å². The molecule has 1 aromatic carbocycles. The summed E-state index contributed by atoms with van der Waals surface area (Å²) >= 11 is 0. The van der Waals surface area contributed by atoms with Gasteiger partial charge in [0.1, 0.15) is 22.9 Å². The van der Waals surface area contributed by atoms with Crippen LogP contribution >= 0.6 is 0 Å². The van der Waals surface area contributed by atoms with Crippen molar-refractivity contribution in [3.63, 3.8) is 0 Å². The number of nitrogens with zero attached hydrogens (tertiary/aromatic N) is 2. The van der Waals surface area contributed by atoms with Crippen LogP contribution in [0.1, 0.15) is 16.7 Å². The van der Waals surface area contributed by atoms with Crippen LogP contribution in [0.25, 0.3) is 16.9 Å². The van der Waals surface area contributed by atoms with E-state index in [1.54, 1.807) is 7.11 Å². The van der Waals surface area contributed by atoms with E-state index in [-0.39, 0.29) is 6.61 Å². The van der Waals surface area contributed by atoms with Crippen LogP contribution in [0, 0.1) is 13.8 Å². The molecule has 0 atom stereocenters. The van der Waals surface area contributed by atoms with E-state index in [0.29, 0.717) is 11.5 Å². The molecule has 22 heavy (non-hydrogen) atoms. The molecule has 114 valence electrons. The SMILES string of the molecule is COc1cc(C)c(-c2nc3c(CO)cccn3c2N)c(C)c1. The number of aromatic nitrogens is 2. The van der Waals surface area contributed by atoms with E-state index >= 15 is 0 Å². The zero-order chi connectivity index (χ0) is 15.9. The number of rotatable bonds is 3. The molecule has 3 rings (SSSR count). The van der Waals surface area contributed by atoms with E-state index in [9.17, 15) is 5.11 Å². The molecule has 0 fully saturated rings. The molecule has 0 aliphatic carbocycles. The molecular weight excluding hydrogens is 278 g/mol. The van der Waals surface area contributed by atoms with Crippen LogP contribution in [0.5, 0.6) is 5.75 Å². The monoisotopic (exact) mass is 297 g/mol. The molecular formula is C17H19N3O2. The van der Waals surface area contributed by atoms with Gasteiger partial charge in [-0.3, -0.25) is 4.40 Å². The number of benzene rings is 1. The largest absolute Gasteiger partial charge is 0.497 e. The van der Waals surface area contributed by atoms with Crippen molar-refractivity contribution in [2.24, 2.45) is 0 Å². The Kier molecular flexibility index (Phi) is 3.50. The number of ether oxygens (including phenoxy) is 1. The quantitative estimate of drug-likeness (QED) is 0.779. The highest BCUT2D eigenvalue weighted by atomic mass is 16.5. The summed E-state index contributed by atoms with van der Waals surface area (Å²) in [7, 11) is 1.65. The van der Waals surface area contributed by atoms with E-state index in [0.717, 1.165) is 33.7 Å². The highest BCUT2D eigenvalue weighted by molar-refractivity contribution is 5.80. The minimum absolute atomic E-state index is 0.0686. The standard InChI is InChI=1S/C17H19N3O2/c1-10-7-13(22-3)8-11(2)14(10)15-16(18)20-6-4-5-12(9-21)17(20)19-15/h4-8,21H,9,18H2,1-3H3. The second-order valence-electron chi connectivity index (χ2n) is 5.37. The molecule has 3 aromatic rings. The third kappa shape index (κ3) is 2.10. The maximum atomic E-state index is 9.47. The molecule has 5 heteroatoms. The van der Waals surface area contributed by atoms with Gasteiger partial charge < -0.3 is 15.6 Å². The summed E-state index contributed by atoms with van der Waals surface area (Å²) in [6, 6.07) is 7.64. The first kappa shape index (κ1) is 14.4. The molecule has 0 unspecified atom stereocenters. The van der Waals surface area contributed by atoms with Gasteiger partial charge in [-0.15, -0.1) is 0 Å². The molecule has 0 spiro atoms. The highest BCUT2D eigenvalue weighted by Gasteiger charge is 2.17. The molecule has 0 bridgehead atoms. The van der Waals surface area contributed by atoms with Gasteiger partial charge in [-0.2, -0.15) is 0 Å². The van der Waals surface area contributed by atoms with Crippen LogP contribution in [0.4, 0.5) is 5.82 Å². The zero-order valence-corrected chi connectivity index (χ0v) is 12.9. The minimum atomic E-state index is -0.0686. The summed E-state index contributed by atoms with van der Waals surface area (Å²) in [6.45, 7) is 3.96. The van der Waals surface area contributed by atoms with Crippen molar-refractivity contribution in [1.29, 1.82) is 0 Å². The van der Waals surface area contributed by atoms with Gasteiger partial charge in [-0.1, -0.05) is 6.07 Å². The number of anilines is 1. The lowest BCUT2D eigenvalue weighted by molar-refractivity contribution is 0.282. The van der Waals surface area contributed by atoms with Gasteiger partial charge in [0.05, 0.1) is 13.7 Å². The van der Waals surface area contributed by atoms with E-state index in [1.807, 2.05) is 48.7 Å². The first-order valence-electron chi connectivity index (χ1n) is 7.08. The van der Waals surface area contributed by atoms with E-state index < -0.39 is 0 Å². The third-order valence-electron chi connectivity index (χ3n) is 3.92. The number of aryl methyl sites for hydroxylation is 2. The molecule has 2 heterocycles. The van der Waals surface area contributed by atoms with Crippen LogP contribution in [-0.2, 0) is 6.61 Å². The number of aliphatic hydroxyl groups is 1. The van der Waals surface area contributed by atoms with Crippen molar-refractivity contribution in [2.75, 3.05) is 12.8 Å². The Morgan fingerprint density at radius 2 is 1.95 bits per heavy atom.